The number of nitrogens with zero attached hydrogens (tertiary/aromatic N) is 3. The smallest absolute Gasteiger partial charge is 0.263 e. The molecule has 0 unspecified atom stereocenters. The Hall–Kier alpha value is -3.22. The van der Waals surface area contributed by atoms with Crippen molar-refractivity contribution in [1.82, 2.24) is 24.8 Å². The third-order valence-corrected chi connectivity index (χ3v) is 4.26. The summed E-state index contributed by atoms with van der Waals surface area (Å²) >= 11 is 0. The van der Waals surface area contributed by atoms with Gasteiger partial charge in [-0.25, -0.2) is 9.97 Å². The van der Waals surface area contributed by atoms with Crippen molar-refractivity contribution in [2.24, 2.45) is 0 Å². The highest BCUT2D eigenvalue weighted by Gasteiger charge is 2.18. The molecule has 0 spiro atoms. The minimum absolute atomic E-state index is 0.00958. The number of aryl methyl sites for hydroxylation is 3. The molecule has 3 aromatic rings. The topological polar surface area (TPSA) is 92.7 Å². The first-order valence-electron chi connectivity index (χ1n) is 8.44. The molecule has 0 saturated carbocycles. The summed E-state index contributed by atoms with van der Waals surface area (Å²) in [5, 5.41) is 2.96. The van der Waals surface area contributed by atoms with Crippen molar-refractivity contribution in [2.45, 2.75) is 32.9 Å². The molecule has 2 aromatic heterocycles. The molecule has 2 heterocycles. The van der Waals surface area contributed by atoms with E-state index in [0.717, 1.165) is 11.4 Å². The van der Waals surface area contributed by atoms with Crippen molar-refractivity contribution < 1.29 is 4.79 Å². The first kappa shape index (κ1) is 17.6. The molecule has 134 valence electrons. The SMILES string of the molecule is Cc1ncc(C(=O)N[C@@H](CCn2ccnc2C)c2ccccc2)c(=O)[nH]1. The van der Waals surface area contributed by atoms with Crippen LogP contribution in [0.25, 0.3) is 0 Å². The number of amides is 1. The van der Waals surface area contributed by atoms with E-state index in [1.165, 1.54) is 6.20 Å². The molecule has 0 fully saturated rings. The average Bonchev–Trinajstić information content (AvgIpc) is 3.04. The van der Waals surface area contributed by atoms with Crippen molar-refractivity contribution >= 4 is 5.91 Å². The Balaban J connectivity index is 1.80. The predicted molar refractivity (Wildman–Crippen MR) is 97.8 cm³/mol. The van der Waals surface area contributed by atoms with Crippen molar-refractivity contribution in [3.8, 4) is 0 Å². The molecule has 3 rings (SSSR count). The van der Waals surface area contributed by atoms with E-state index in [4.69, 9.17) is 0 Å². The number of hydrogen-bond acceptors (Lipinski definition) is 4. The molecule has 0 radical (unpaired) electrons. The predicted octanol–water partition coefficient (Wildman–Crippen LogP) is 2.14. The zero-order valence-electron chi connectivity index (χ0n) is 14.8. The number of imidazole rings is 1. The molecule has 0 saturated heterocycles. The van der Waals surface area contributed by atoms with Gasteiger partial charge in [-0.2, -0.15) is 0 Å². The number of hydrogen-bond donors (Lipinski definition) is 2. The van der Waals surface area contributed by atoms with E-state index >= 15 is 0 Å². The van der Waals surface area contributed by atoms with Gasteiger partial charge in [0.05, 0.1) is 6.04 Å². The Morgan fingerprint density at radius 1 is 1.23 bits per heavy atom. The summed E-state index contributed by atoms with van der Waals surface area (Å²) in [7, 11) is 0. The zero-order valence-corrected chi connectivity index (χ0v) is 14.8. The summed E-state index contributed by atoms with van der Waals surface area (Å²) in [6, 6.07) is 9.48. The molecule has 1 atom stereocenters. The normalized spacial score (nSPS) is 11.9. The zero-order chi connectivity index (χ0) is 18.5. The van der Waals surface area contributed by atoms with Crippen LogP contribution in [0.3, 0.4) is 0 Å². The van der Waals surface area contributed by atoms with Crippen LogP contribution >= 0.6 is 0 Å². The van der Waals surface area contributed by atoms with Gasteiger partial charge < -0.3 is 14.9 Å². The Bertz CT molecular complexity index is 946. The molecule has 7 heteroatoms. The van der Waals surface area contributed by atoms with Gasteiger partial charge in [0.25, 0.3) is 11.5 Å². The third kappa shape index (κ3) is 4.05. The van der Waals surface area contributed by atoms with E-state index in [0.29, 0.717) is 18.8 Å². The minimum atomic E-state index is -0.438. The van der Waals surface area contributed by atoms with Gasteiger partial charge in [0.2, 0.25) is 0 Å². The van der Waals surface area contributed by atoms with Gasteiger partial charge in [0, 0.05) is 25.1 Å². The molecule has 1 amide bonds. The second kappa shape index (κ2) is 7.77. The van der Waals surface area contributed by atoms with E-state index in [1.807, 2.05) is 48.0 Å². The first-order chi connectivity index (χ1) is 12.5. The summed E-state index contributed by atoms with van der Waals surface area (Å²) < 4.78 is 2.03. The second-order valence-electron chi connectivity index (χ2n) is 6.10. The van der Waals surface area contributed by atoms with Gasteiger partial charge in [-0.1, -0.05) is 30.3 Å². The van der Waals surface area contributed by atoms with Crippen LogP contribution in [0, 0.1) is 13.8 Å². The number of carbonyl (C=O) groups excluding carboxylic acids is 1. The lowest BCUT2D eigenvalue weighted by Crippen LogP contribution is -2.33. The van der Waals surface area contributed by atoms with E-state index in [1.54, 1.807) is 13.1 Å². The lowest BCUT2D eigenvalue weighted by Gasteiger charge is -2.20. The number of carbonyl (C=O) groups is 1. The first-order valence-corrected chi connectivity index (χ1v) is 8.44. The maximum Gasteiger partial charge on any atom is 0.263 e. The fraction of sp³-hybridized carbons (Fsp3) is 0.263. The fourth-order valence-corrected chi connectivity index (χ4v) is 2.80. The Morgan fingerprint density at radius 2 is 2.00 bits per heavy atom. The molecule has 1 aromatic carbocycles. The standard InChI is InChI=1S/C19H21N5O2/c1-13-21-12-16(18(25)22-13)19(26)23-17(15-6-4-3-5-7-15)8-10-24-11-9-20-14(24)2/h3-7,9,11-12,17H,8,10H2,1-2H3,(H,23,26)(H,21,22,25)/t17-/m0/s1. The highest BCUT2D eigenvalue weighted by molar-refractivity contribution is 5.93. The van der Waals surface area contributed by atoms with E-state index < -0.39 is 11.5 Å². The third-order valence-electron chi connectivity index (χ3n) is 4.26. The summed E-state index contributed by atoms with van der Waals surface area (Å²) in [5.41, 5.74) is 0.553. The molecular formula is C19H21N5O2. The van der Waals surface area contributed by atoms with E-state index in [-0.39, 0.29) is 11.6 Å². The Labute approximate surface area is 151 Å². The van der Waals surface area contributed by atoms with Crippen LogP contribution < -0.4 is 10.9 Å². The maximum atomic E-state index is 12.6. The van der Waals surface area contributed by atoms with Crippen molar-refractivity contribution in [3.63, 3.8) is 0 Å². The molecule has 0 bridgehead atoms. The van der Waals surface area contributed by atoms with Crippen molar-refractivity contribution in [1.29, 1.82) is 0 Å². The van der Waals surface area contributed by atoms with Crippen LogP contribution in [0.2, 0.25) is 0 Å². The van der Waals surface area contributed by atoms with Crippen molar-refractivity contribution in [2.75, 3.05) is 0 Å². The van der Waals surface area contributed by atoms with Crippen LogP contribution in [-0.2, 0) is 6.54 Å². The van der Waals surface area contributed by atoms with E-state index in [9.17, 15) is 9.59 Å². The molecular weight excluding hydrogens is 330 g/mol. The molecule has 26 heavy (non-hydrogen) atoms. The van der Waals surface area contributed by atoms with Crippen LogP contribution in [0.4, 0.5) is 0 Å². The van der Waals surface area contributed by atoms with E-state index in [2.05, 4.69) is 20.3 Å². The number of rotatable bonds is 6. The minimum Gasteiger partial charge on any atom is -0.345 e. The molecule has 0 aliphatic heterocycles. The molecule has 0 aliphatic rings. The van der Waals surface area contributed by atoms with Gasteiger partial charge >= 0.3 is 0 Å². The largest absolute Gasteiger partial charge is 0.345 e. The molecule has 7 nitrogen and oxygen atoms in total. The van der Waals surface area contributed by atoms with Gasteiger partial charge in [0.15, 0.2) is 0 Å². The second-order valence-corrected chi connectivity index (χ2v) is 6.10. The summed E-state index contributed by atoms with van der Waals surface area (Å²) in [6.45, 7) is 4.31. The number of benzene rings is 1. The molecule has 0 aliphatic carbocycles. The number of H-pyrrole nitrogens is 1. The average molecular weight is 351 g/mol. The lowest BCUT2D eigenvalue weighted by atomic mass is 10.0. The number of aromatic amines is 1. The van der Waals surface area contributed by atoms with Crippen LogP contribution in [0.1, 0.15) is 40.0 Å². The molecule has 2 N–H and O–H groups in total. The van der Waals surface area contributed by atoms with Crippen LogP contribution in [0.5, 0.6) is 0 Å². The number of aromatic nitrogens is 4. The van der Waals surface area contributed by atoms with Gasteiger partial charge in [-0.05, 0) is 25.8 Å². The van der Waals surface area contributed by atoms with Crippen LogP contribution in [-0.4, -0.2) is 25.4 Å². The monoisotopic (exact) mass is 351 g/mol. The van der Waals surface area contributed by atoms with Crippen LogP contribution in [0.15, 0.2) is 53.7 Å². The van der Waals surface area contributed by atoms with Gasteiger partial charge in [-0.3, -0.25) is 9.59 Å². The van der Waals surface area contributed by atoms with Gasteiger partial charge in [0.1, 0.15) is 17.2 Å². The number of nitrogens with one attached hydrogen (secondary N) is 2. The quantitative estimate of drug-likeness (QED) is 0.712. The summed E-state index contributed by atoms with van der Waals surface area (Å²) in [5.74, 6) is 0.957. The Morgan fingerprint density at radius 3 is 2.65 bits per heavy atom. The fourth-order valence-electron chi connectivity index (χ4n) is 2.80. The maximum absolute atomic E-state index is 12.6. The lowest BCUT2D eigenvalue weighted by molar-refractivity contribution is 0.0931. The summed E-state index contributed by atoms with van der Waals surface area (Å²) in [6.07, 6.45) is 5.65. The van der Waals surface area contributed by atoms with Gasteiger partial charge in [-0.15, -0.1) is 0 Å². The summed E-state index contributed by atoms with van der Waals surface area (Å²) in [4.78, 5) is 35.4. The highest BCUT2D eigenvalue weighted by atomic mass is 16.2. The highest BCUT2D eigenvalue weighted by Crippen LogP contribution is 2.18. The Kier molecular flexibility index (Phi) is 5.26. The van der Waals surface area contributed by atoms with Crippen molar-refractivity contribution in [3.05, 3.63) is 82.1 Å².